The van der Waals surface area contributed by atoms with Gasteiger partial charge in [-0.3, -0.25) is 15.1 Å². The van der Waals surface area contributed by atoms with Gasteiger partial charge in [-0.2, -0.15) is 10.2 Å². The largest absolute Gasteiger partial charge is 0.443 e. The van der Waals surface area contributed by atoms with Gasteiger partial charge >= 0.3 is 12.2 Å². The van der Waals surface area contributed by atoms with E-state index in [1.807, 2.05) is 60.7 Å². The Bertz CT molecular complexity index is 1190. The second kappa shape index (κ2) is 15.8. The summed E-state index contributed by atoms with van der Waals surface area (Å²) in [6.45, 7) is 4.09. The van der Waals surface area contributed by atoms with Crippen LogP contribution in [-0.4, -0.2) is 69.2 Å². The third-order valence-electron chi connectivity index (χ3n) is 6.53. The number of aromatic nitrogens is 4. The van der Waals surface area contributed by atoms with Crippen LogP contribution in [0.15, 0.2) is 85.2 Å². The number of benzene rings is 2. The molecule has 2 heterocycles. The third kappa shape index (κ3) is 10.5. The second-order valence-corrected chi connectivity index (χ2v) is 9.73. The molecular formula is C30H37N7O4. The molecule has 4 rings (SSSR count). The van der Waals surface area contributed by atoms with E-state index in [-0.39, 0.29) is 25.3 Å². The van der Waals surface area contributed by atoms with Crippen LogP contribution in [0.25, 0.3) is 0 Å². The van der Waals surface area contributed by atoms with Crippen LogP contribution in [0.3, 0.4) is 0 Å². The van der Waals surface area contributed by atoms with Crippen molar-refractivity contribution in [1.82, 2.24) is 35.9 Å². The van der Waals surface area contributed by atoms with E-state index in [1.54, 1.807) is 24.5 Å². The number of hydrogen-bond acceptors (Lipinski definition) is 7. The number of H-pyrrole nitrogens is 2. The minimum Gasteiger partial charge on any atom is -0.443 e. The van der Waals surface area contributed by atoms with Crippen LogP contribution in [0.2, 0.25) is 0 Å². The van der Waals surface area contributed by atoms with Crippen molar-refractivity contribution >= 4 is 12.2 Å². The summed E-state index contributed by atoms with van der Waals surface area (Å²) in [6.07, 6.45) is 3.47. The highest BCUT2D eigenvalue weighted by Gasteiger charge is 2.22. The van der Waals surface area contributed by atoms with E-state index in [1.165, 1.54) is 0 Å². The Labute approximate surface area is 239 Å². The lowest BCUT2D eigenvalue weighted by Crippen LogP contribution is -2.50. The first kappa shape index (κ1) is 29.3. The Kier molecular flexibility index (Phi) is 11.3. The first-order chi connectivity index (χ1) is 20.1. The van der Waals surface area contributed by atoms with Crippen molar-refractivity contribution in [2.24, 2.45) is 0 Å². The van der Waals surface area contributed by atoms with Gasteiger partial charge in [0.25, 0.3) is 0 Å². The second-order valence-electron chi connectivity index (χ2n) is 9.73. The van der Waals surface area contributed by atoms with E-state index < -0.39 is 12.2 Å². The van der Waals surface area contributed by atoms with Gasteiger partial charge in [0, 0.05) is 37.6 Å². The minimum atomic E-state index is -0.502. The first-order valence-electron chi connectivity index (χ1n) is 13.7. The summed E-state index contributed by atoms with van der Waals surface area (Å²) in [5, 5.41) is 19.4. The summed E-state index contributed by atoms with van der Waals surface area (Å²) in [5.74, 6) is 0. The van der Waals surface area contributed by atoms with Crippen LogP contribution in [-0.2, 0) is 35.5 Å². The van der Waals surface area contributed by atoms with E-state index >= 15 is 0 Å². The molecule has 0 saturated carbocycles. The minimum absolute atomic E-state index is 0.102. The molecule has 4 aromatic rings. The summed E-state index contributed by atoms with van der Waals surface area (Å²) >= 11 is 0. The number of ether oxygens (including phenoxy) is 2. The Morgan fingerprint density at radius 3 is 1.54 bits per heavy atom. The van der Waals surface area contributed by atoms with Crippen molar-refractivity contribution in [3.63, 3.8) is 0 Å². The fourth-order valence-corrected chi connectivity index (χ4v) is 4.51. The molecule has 0 aliphatic carbocycles. The van der Waals surface area contributed by atoms with Gasteiger partial charge < -0.3 is 20.1 Å². The molecule has 0 saturated heterocycles. The molecule has 41 heavy (non-hydrogen) atoms. The van der Waals surface area contributed by atoms with Gasteiger partial charge in [-0.1, -0.05) is 67.6 Å². The number of nitrogens with zero attached hydrogens (tertiary/aromatic N) is 3. The molecule has 0 fully saturated rings. The molecule has 0 unspecified atom stereocenters. The topological polar surface area (TPSA) is 137 Å². The fraction of sp³-hybridized carbons (Fsp3) is 0.333. The van der Waals surface area contributed by atoms with Gasteiger partial charge in [0.15, 0.2) is 0 Å². The van der Waals surface area contributed by atoms with E-state index in [9.17, 15) is 9.59 Å². The van der Waals surface area contributed by atoms with Crippen molar-refractivity contribution in [2.75, 3.05) is 19.6 Å². The zero-order valence-electron chi connectivity index (χ0n) is 23.2. The number of likely N-dealkylation sites (N-methyl/N-ethyl adjacent to an activating group) is 1. The molecule has 4 N–H and O–H groups in total. The number of carbonyl (C=O) groups excluding carboxylic acids is 2. The SMILES string of the molecule is CCN(C[C@H](Cc1ccccc1)NC(=O)OCc1ccn[nH]1)C[C@H](Cc1ccccc1)NC(=O)OCc1ccn[nH]1. The van der Waals surface area contributed by atoms with Crippen molar-refractivity contribution in [1.29, 1.82) is 0 Å². The molecule has 2 aromatic heterocycles. The number of aromatic amines is 2. The highest BCUT2D eigenvalue weighted by atomic mass is 16.6. The van der Waals surface area contributed by atoms with Crippen LogP contribution in [0.4, 0.5) is 9.59 Å². The van der Waals surface area contributed by atoms with Crippen LogP contribution in [0.5, 0.6) is 0 Å². The maximum absolute atomic E-state index is 12.7. The smallest absolute Gasteiger partial charge is 0.407 e. The quantitative estimate of drug-likeness (QED) is 0.174. The zero-order valence-corrected chi connectivity index (χ0v) is 23.2. The molecule has 0 bridgehead atoms. The predicted octanol–water partition coefficient (Wildman–Crippen LogP) is 3.83. The molecular weight excluding hydrogens is 522 g/mol. The lowest BCUT2D eigenvalue weighted by Gasteiger charge is -2.30. The number of hydrogen-bond donors (Lipinski definition) is 4. The highest BCUT2D eigenvalue weighted by Crippen LogP contribution is 2.10. The average molecular weight is 560 g/mol. The Morgan fingerprint density at radius 2 is 1.17 bits per heavy atom. The molecule has 2 amide bonds. The molecule has 0 aliphatic rings. The van der Waals surface area contributed by atoms with Crippen molar-refractivity contribution in [2.45, 2.75) is 45.1 Å². The first-order valence-corrected chi connectivity index (χ1v) is 13.7. The fourth-order valence-electron chi connectivity index (χ4n) is 4.51. The summed E-state index contributed by atoms with van der Waals surface area (Å²) < 4.78 is 10.8. The van der Waals surface area contributed by atoms with Gasteiger partial charge in [-0.25, -0.2) is 9.59 Å². The van der Waals surface area contributed by atoms with Crippen LogP contribution >= 0.6 is 0 Å². The van der Waals surface area contributed by atoms with E-state index in [2.05, 4.69) is 42.9 Å². The zero-order chi connectivity index (χ0) is 28.7. The highest BCUT2D eigenvalue weighted by molar-refractivity contribution is 5.68. The number of rotatable bonds is 15. The van der Waals surface area contributed by atoms with Gasteiger partial charge in [0.2, 0.25) is 0 Å². The van der Waals surface area contributed by atoms with E-state index in [4.69, 9.17) is 9.47 Å². The van der Waals surface area contributed by atoms with Crippen molar-refractivity contribution in [3.05, 3.63) is 108 Å². The third-order valence-corrected chi connectivity index (χ3v) is 6.53. The van der Waals surface area contributed by atoms with Gasteiger partial charge in [-0.05, 0) is 42.6 Å². The lowest BCUT2D eigenvalue weighted by molar-refractivity contribution is 0.125. The summed E-state index contributed by atoms with van der Waals surface area (Å²) in [6, 6.07) is 23.1. The monoisotopic (exact) mass is 559 g/mol. The Morgan fingerprint density at radius 1 is 0.732 bits per heavy atom. The molecule has 0 radical (unpaired) electrons. The van der Waals surface area contributed by atoms with Gasteiger partial charge in [0.05, 0.1) is 11.4 Å². The Hall–Kier alpha value is -4.64. The van der Waals surface area contributed by atoms with Crippen molar-refractivity contribution < 1.29 is 19.1 Å². The number of alkyl carbamates (subject to hydrolysis) is 2. The molecule has 216 valence electrons. The number of amides is 2. The average Bonchev–Trinajstić information content (AvgIpc) is 3.70. The van der Waals surface area contributed by atoms with Crippen LogP contribution < -0.4 is 10.6 Å². The normalized spacial score (nSPS) is 12.4. The van der Waals surface area contributed by atoms with Gasteiger partial charge in [-0.15, -0.1) is 0 Å². The summed E-state index contributed by atoms with van der Waals surface area (Å²) in [5.41, 5.74) is 3.63. The summed E-state index contributed by atoms with van der Waals surface area (Å²) in [7, 11) is 0. The standard InChI is InChI=1S/C30H37N7O4/c1-2-37(19-27(17-23-9-5-3-6-10-23)33-29(38)40-21-25-13-15-31-35-25)20-28(18-24-11-7-4-8-12-24)34-30(39)41-22-26-14-16-32-36-26/h3-16,27-28H,2,17-22H2,1H3,(H,31,35)(H,32,36)(H,33,38)(H,34,39)/t27-,28-/m0/s1. The summed E-state index contributed by atoms with van der Waals surface area (Å²) in [4.78, 5) is 27.7. The molecule has 2 aromatic carbocycles. The van der Waals surface area contributed by atoms with Crippen LogP contribution in [0, 0.1) is 0 Å². The van der Waals surface area contributed by atoms with E-state index in [0.29, 0.717) is 43.9 Å². The number of carbonyl (C=O) groups is 2. The molecule has 0 spiro atoms. The van der Waals surface area contributed by atoms with Gasteiger partial charge in [0.1, 0.15) is 13.2 Å². The van der Waals surface area contributed by atoms with E-state index in [0.717, 1.165) is 11.1 Å². The van der Waals surface area contributed by atoms with Crippen LogP contribution in [0.1, 0.15) is 29.4 Å². The maximum Gasteiger partial charge on any atom is 0.407 e. The Balaban J connectivity index is 1.41. The number of nitrogens with one attached hydrogen (secondary N) is 4. The molecule has 11 nitrogen and oxygen atoms in total. The molecule has 0 aliphatic heterocycles. The molecule has 2 atom stereocenters. The lowest BCUT2D eigenvalue weighted by atomic mass is 10.0. The molecule has 11 heteroatoms. The maximum atomic E-state index is 12.7. The predicted molar refractivity (Wildman–Crippen MR) is 154 cm³/mol. The van der Waals surface area contributed by atoms with Crippen molar-refractivity contribution in [3.8, 4) is 0 Å².